The van der Waals surface area contributed by atoms with Crippen LogP contribution in [-0.2, 0) is 0 Å². The molecule has 0 saturated heterocycles. The molecule has 5 N–H and O–H groups in total. The van der Waals surface area contributed by atoms with Crippen LogP contribution in [0.2, 0.25) is 0 Å². The van der Waals surface area contributed by atoms with Crippen LogP contribution in [0.3, 0.4) is 0 Å². The topological polar surface area (TPSA) is 106 Å². The lowest BCUT2D eigenvalue weighted by Crippen LogP contribution is -2.19. The average Bonchev–Trinajstić information content (AvgIpc) is 2.23. The van der Waals surface area contributed by atoms with Crippen LogP contribution >= 0.6 is 0 Å². The van der Waals surface area contributed by atoms with E-state index in [-0.39, 0.29) is 5.84 Å². The van der Waals surface area contributed by atoms with Crippen LogP contribution in [0.15, 0.2) is 5.16 Å². The molecule has 0 bridgehead atoms. The van der Waals surface area contributed by atoms with E-state index in [1.807, 2.05) is 20.2 Å². The van der Waals surface area contributed by atoms with Crippen LogP contribution in [0, 0.1) is 11.3 Å². The van der Waals surface area contributed by atoms with Crippen molar-refractivity contribution in [2.45, 2.75) is 12.8 Å². The number of nitrogens with zero attached hydrogens (tertiary/aromatic N) is 2. The van der Waals surface area contributed by atoms with Gasteiger partial charge in [-0.05, 0) is 14.1 Å². The molecule has 0 saturated carbocycles. The second-order valence-electron chi connectivity index (χ2n) is 2.46. The highest BCUT2D eigenvalue weighted by Gasteiger charge is 1.87. The molecule has 6 nitrogen and oxygen atoms in total. The molecular weight excluding hydrogens is 182 g/mol. The zero-order valence-electron chi connectivity index (χ0n) is 8.75. The molecule has 14 heavy (non-hydrogen) atoms. The fourth-order valence-electron chi connectivity index (χ4n) is 0.484. The smallest absolute Gasteiger partial charge is 0.140 e. The maximum Gasteiger partial charge on any atom is 0.140 e. The largest absolute Gasteiger partial charge is 0.409 e. The van der Waals surface area contributed by atoms with Gasteiger partial charge in [-0.25, -0.2) is 0 Å². The van der Waals surface area contributed by atoms with Crippen LogP contribution in [-0.4, -0.2) is 38.2 Å². The minimum absolute atomic E-state index is 0.263. The predicted molar refractivity (Wildman–Crippen MR) is 56.1 cm³/mol. The molecule has 0 aromatic carbocycles. The molecule has 82 valence electrons. The Hall–Kier alpha value is -1.32. The monoisotopic (exact) mass is 201 g/mol. The highest BCUT2D eigenvalue weighted by molar-refractivity contribution is 5.79. The number of hydrogen-bond acceptors (Lipinski definition) is 5. The van der Waals surface area contributed by atoms with Gasteiger partial charge in [0.2, 0.25) is 0 Å². The van der Waals surface area contributed by atoms with Crippen LogP contribution in [0.1, 0.15) is 12.8 Å². The SMILES string of the molecule is CNCC/C(N)=N/O.CNCCC#N. The normalized spacial score (nSPS) is 9.93. The molecular formula is C8H19N5O. The highest BCUT2D eigenvalue weighted by atomic mass is 16.4. The first-order valence-corrected chi connectivity index (χ1v) is 4.35. The molecule has 0 atom stereocenters. The Labute approximate surface area is 84.8 Å². The zero-order chi connectivity index (χ0) is 11.2. The fourth-order valence-corrected chi connectivity index (χ4v) is 0.484. The summed E-state index contributed by atoms with van der Waals surface area (Å²) in [4.78, 5) is 0. The van der Waals surface area contributed by atoms with E-state index >= 15 is 0 Å². The summed E-state index contributed by atoms with van der Waals surface area (Å²) >= 11 is 0. The van der Waals surface area contributed by atoms with E-state index in [0.29, 0.717) is 12.8 Å². The molecule has 0 aliphatic carbocycles. The Bertz CT molecular complexity index is 175. The van der Waals surface area contributed by atoms with E-state index in [4.69, 9.17) is 16.2 Å². The highest BCUT2D eigenvalue weighted by Crippen LogP contribution is 1.73. The van der Waals surface area contributed by atoms with Gasteiger partial charge in [0.1, 0.15) is 5.84 Å². The molecule has 0 aromatic rings. The van der Waals surface area contributed by atoms with Gasteiger partial charge in [-0.15, -0.1) is 0 Å². The molecule has 0 aliphatic rings. The van der Waals surface area contributed by atoms with Crippen molar-refractivity contribution in [2.75, 3.05) is 27.2 Å². The van der Waals surface area contributed by atoms with Gasteiger partial charge in [-0.1, -0.05) is 5.16 Å². The first-order valence-electron chi connectivity index (χ1n) is 4.35. The lowest BCUT2D eigenvalue weighted by molar-refractivity contribution is 0.317. The first-order chi connectivity index (χ1) is 6.72. The Morgan fingerprint density at radius 2 is 2.00 bits per heavy atom. The third kappa shape index (κ3) is 17.0. The van der Waals surface area contributed by atoms with Gasteiger partial charge < -0.3 is 21.6 Å². The quantitative estimate of drug-likeness (QED) is 0.157. The van der Waals surface area contributed by atoms with Gasteiger partial charge in [0, 0.05) is 25.9 Å². The van der Waals surface area contributed by atoms with E-state index in [1.165, 1.54) is 0 Å². The number of nitrogens with two attached hydrogens (primary N) is 1. The van der Waals surface area contributed by atoms with Crippen LogP contribution in [0.5, 0.6) is 0 Å². The third-order valence-electron chi connectivity index (χ3n) is 1.25. The Balaban J connectivity index is 0. The summed E-state index contributed by atoms with van der Waals surface area (Å²) in [6, 6.07) is 2.01. The standard InChI is InChI=1S/C4H11N3O.C4H8N2/c1-6-3-2-4(5)7-8;1-6-4-2-3-5/h6,8H,2-3H2,1H3,(H2,5,7);6H,2,4H2,1H3. The minimum atomic E-state index is 0.263. The van der Waals surface area contributed by atoms with E-state index in [2.05, 4.69) is 15.8 Å². The zero-order valence-corrected chi connectivity index (χ0v) is 8.75. The Kier molecular flexibility index (Phi) is 15.4. The molecule has 0 fully saturated rings. The molecule has 0 spiro atoms. The Morgan fingerprint density at radius 3 is 2.29 bits per heavy atom. The van der Waals surface area contributed by atoms with Gasteiger partial charge in [0.25, 0.3) is 0 Å². The van der Waals surface area contributed by atoms with Crippen molar-refractivity contribution in [1.29, 1.82) is 5.26 Å². The number of hydrogen-bond donors (Lipinski definition) is 4. The summed E-state index contributed by atoms with van der Waals surface area (Å²) in [5, 5.41) is 24.4. The van der Waals surface area contributed by atoms with E-state index < -0.39 is 0 Å². The van der Waals surface area contributed by atoms with E-state index in [1.54, 1.807) is 0 Å². The van der Waals surface area contributed by atoms with Gasteiger partial charge in [0.15, 0.2) is 0 Å². The molecule has 0 aromatic heterocycles. The number of nitrogens with one attached hydrogen (secondary N) is 2. The molecule has 0 amide bonds. The van der Waals surface area contributed by atoms with Gasteiger partial charge in [-0.3, -0.25) is 0 Å². The number of nitriles is 1. The second kappa shape index (κ2) is 14.2. The lowest BCUT2D eigenvalue weighted by atomic mass is 10.4. The second-order valence-corrected chi connectivity index (χ2v) is 2.46. The molecule has 0 aliphatic heterocycles. The minimum Gasteiger partial charge on any atom is -0.409 e. The van der Waals surface area contributed by atoms with Crippen molar-refractivity contribution >= 4 is 5.84 Å². The van der Waals surface area contributed by atoms with Crippen molar-refractivity contribution in [3.8, 4) is 6.07 Å². The molecule has 6 heteroatoms. The maximum absolute atomic E-state index is 8.00. The van der Waals surface area contributed by atoms with Crippen LogP contribution in [0.4, 0.5) is 0 Å². The predicted octanol–water partition coefficient (Wildman–Crippen LogP) is -0.538. The number of oxime groups is 1. The van der Waals surface area contributed by atoms with Crippen molar-refractivity contribution in [3.05, 3.63) is 0 Å². The average molecular weight is 201 g/mol. The molecule has 0 heterocycles. The van der Waals surface area contributed by atoms with Crippen LogP contribution < -0.4 is 16.4 Å². The third-order valence-corrected chi connectivity index (χ3v) is 1.25. The lowest BCUT2D eigenvalue weighted by Gasteiger charge is -1.94. The summed E-state index contributed by atoms with van der Waals surface area (Å²) in [5.74, 6) is 0.263. The number of rotatable bonds is 5. The van der Waals surface area contributed by atoms with E-state index in [9.17, 15) is 0 Å². The first kappa shape index (κ1) is 15.2. The Morgan fingerprint density at radius 1 is 1.43 bits per heavy atom. The van der Waals surface area contributed by atoms with Gasteiger partial charge in [0.05, 0.1) is 6.07 Å². The summed E-state index contributed by atoms with van der Waals surface area (Å²) in [5.41, 5.74) is 5.12. The summed E-state index contributed by atoms with van der Waals surface area (Å²) < 4.78 is 0. The van der Waals surface area contributed by atoms with Gasteiger partial charge >= 0.3 is 0 Å². The summed E-state index contributed by atoms with van der Waals surface area (Å²) in [7, 11) is 3.64. The van der Waals surface area contributed by atoms with Gasteiger partial charge in [-0.2, -0.15) is 5.26 Å². The van der Waals surface area contributed by atoms with Crippen LogP contribution in [0.25, 0.3) is 0 Å². The fraction of sp³-hybridized carbons (Fsp3) is 0.750. The summed E-state index contributed by atoms with van der Waals surface area (Å²) in [6.45, 7) is 1.55. The van der Waals surface area contributed by atoms with Crippen molar-refractivity contribution < 1.29 is 5.21 Å². The van der Waals surface area contributed by atoms with E-state index in [0.717, 1.165) is 13.1 Å². The maximum atomic E-state index is 8.00. The van der Waals surface area contributed by atoms with Crippen molar-refractivity contribution in [3.63, 3.8) is 0 Å². The van der Waals surface area contributed by atoms with Crippen molar-refractivity contribution in [1.82, 2.24) is 10.6 Å². The summed E-state index contributed by atoms with van der Waals surface area (Å²) in [6.07, 6.45) is 1.20. The number of amidine groups is 1. The van der Waals surface area contributed by atoms with Crippen molar-refractivity contribution in [2.24, 2.45) is 10.9 Å². The molecule has 0 unspecified atom stereocenters. The molecule has 0 radical (unpaired) electrons. The molecule has 0 rings (SSSR count).